The van der Waals surface area contributed by atoms with Crippen molar-refractivity contribution in [3.63, 3.8) is 0 Å². The van der Waals surface area contributed by atoms with E-state index >= 15 is 0 Å². The fourth-order valence-corrected chi connectivity index (χ4v) is 4.35. The van der Waals surface area contributed by atoms with Crippen molar-refractivity contribution in [3.8, 4) is 6.07 Å². The number of carbonyl (C=O) groups is 1. The van der Waals surface area contributed by atoms with Gasteiger partial charge in [-0.25, -0.2) is 13.2 Å². The number of ether oxygens (including phenoxy) is 1. The number of carbonyl (C=O) groups excluding carboxylic acids is 1. The Morgan fingerprint density at radius 2 is 1.88 bits per heavy atom. The van der Waals surface area contributed by atoms with E-state index in [1.165, 1.54) is 29.7 Å². The Bertz CT molecular complexity index is 804. The average molecular weight is 377 g/mol. The van der Waals surface area contributed by atoms with Crippen LogP contribution in [0, 0.1) is 11.3 Å². The quantitative estimate of drug-likeness (QED) is 0.465. The molecule has 1 aliphatic rings. The van der Waals surface area contributed by atoms with Crippen LogP contribution < -0.4 is 5.32 Å². The zero-order valence-electron chi connectivity index (χ0n) is 14.9. The molecular weight excluding hydrogens is 354 g/mol. The highest BCUT2D eigenvalue weighted by atomic mass is 32.2. The van der Waals surface area contributed by atoms with Crippen molar-refractivity contribution in [2.24, 2.45) is 0 Å². The highest BCUT2D eigenvalue weighted by molar-refractivity contribution is 7.89. The third-order valence-corrected chi connectivity index (χ3v) is 6.45. The van der Waals surface area contributed by atoms with Crippen molar-refractivity contribution in [1.29, 1.82) is 5.26 Å². The Balaban J connectivity index is 2.12. The van der Waals surface area contributed by atoms with E-state index in [1.807, 2.05) is 0 Å². The molecule has 26 heavy (non-hydrogen) atoms. The lowest BCUT2D eigenvalue weighted by Crippen LogP contribution is -2.38. The van der Waals surface area contributed by atoms with Gasteiger partial charge in [-0.1, -0.05) is 19.3 Å². The fourth-order valence-electron chi connectivity index (χ4n) is 2.93. The average Bonchev–Trinajstić information content (AvgIpc) is 2.68. The molecule has 0 heterocycles. The largest absolute Gasteiger partial charge is 0.465 e. The molecule has 0 bridgehead atoms. The van der Waals surface area contributed by atoms with Gasteiger partial charge in [0, 0.05) is 25.0 Å². The second kappa shape index (κ2) is 8.83. The van der Waals surface area contributed by atoms with E-state index in [0.717, 1.165) is 32.1 Å². The Morgan fingerprint density at radius 3 is 2.42 bits per heavy atom. The summed E-state index contributed by atoms with van der Waals surface area (Å²) in [6.45, 7) is 0. The zero-order chi connectivity index (χ0) is 19.2. The topological polar surface area (TPSA) is 99.5 Å². The molecule has 8 heteroatoms. The number of esters is 1. The van der Waals surface area contributed by atoms with E-state index in [1.54, 1.807) is 25.2 Å². The fraction of sp³-hybridized carbons (Fsp3) is 0.444. The molecule has 0 spiro atoms. The van der Waals surface area contributed by atoms with Gasteiger partial charge in [-0.3, -0.25) is 0 Å². The summed E-state index contributed by atoms with van der Waals surface area (Å²) in [5.41, 5.74) is 0.377. The van der Waals surface area contributed by atoms with Crippen LogP contribution in [0.2, 0.25) is 0 Å². The first-order chi connectivity index (χ1) is 12.4. The van der Waals surface area contributed by atoms with Crippen LogP contribution in [0.15, 0.2) is 40.9 Å². The molecule has 0 saturated heterocycles. The molecule has 1 N–H and O–H groups in total. The minimum absolute atomic E-state index is 0.0488. The highest BCUT2D eigenvalue weighted by Crippen LogP contribution is 2.27. The first-order valence-corrected chi connectivity index (χ1v) is 9.87. The standard InChI is InChI=1S/C18H23N3O4S/c1-21(16-6-4-3-5-7-16)26(23,24)17-10-8-15(9-11-17)20-13-14(12-19)18(22)25-2/h8-11,13,16,20H,3-7H2,1-2H3/b14-13+. The Labute approximate surface area is 154 Å². The smallest absolute Gasteiger partial charge is 0.350 e. The van der Waals surface area contributed by atoms with E-state index in [2.05, 4.69) is 10.1 Å². The van der Waals surface area contributed by atoms with Crippen LogP contribution in [0.25, 0.3) is 0 Å². The molecule has 7 nitrogen and oxygen atoms in total. The van der Waals surface area contributed by atoms with Crippen LogP contribution in [0.1, 0.15) is 32.1 Å². The molecule has 1 aromatic carbocycles. The number of nitrogens with zero attached hydrogens (tertiary/aromatic N) is 2. The van der Waals surface area contributed by atoms with Gasteiger partial charge in [0.05, 0.1) is 12.0 Å². The second-order valence-electron chi connectivity index (χ2n) is 6.14. The molecule has 1 saturated carbocycles. The third-order valence-electron chi connectivity index (χ3n) is 4.53. The summed E-state index contributed by atoms with van der Waals surface area (Å²) >= 11 is 0. The summed E-state index contributed by atoms with van der Waals surface area (Å²) in [6, 6.07) is 7.97. The van der Waals surface area contributed by atoms with Crippen molar-refractivity contribution in [3.05, 3.63) is 36.0 Å². The number of nitriles is 1. The molecule has 0 unspecified atom stereocenters. The van der Waals surface area contributed by atoms with Gasteiger partial charge in [0.2, 0.25) is 10.0 Å². The Hall–Kier alpha value is -2.37. The summed E-state index contributed by atoms with van der Waals surface area (Å²) in [5.74, 6) is -0.742. The molecule has 0 aromatic heterocycles. The van der Waals surface area contributed by atoms with Gasteiger partial charge in [-0.15, -0.1) is 0 Å². The molecular formula is C18H23N3O4S. The number of methoxy groups -OCH3 is 1. The predicted molar refractivity (Wildman–Crippen MR) is 97.6 cm³/mol. The molecule has 1 aliphatic carbocycles. The van der Waals surface area contributed by atoms with Crippen LogP contribution >= 0.6 is 0 Å². The van der Waals surface area contributed by atoms with E-state index in [9.17, 15) is 13.2 Å². The van der Waals surface area contributed by atoms with E-state index < -0.39 is 16.0 Å². The molecule has 140 valence electrons. The number of anilines is 1. The molecule has 0 atom stereocenters. The summed E-state index contributed by atoms with van der Waals surface area (Å²) in [5, 5.41) is 11.7. The molecule has 0 aliphatic heterocycles. The van der Waals surface area contributed by atoms with Gasteiger partial charge < -0.3 is 10.1 Å². The second-order valence-corrected chi connectivity index (χ2v) is 8.14. The van der Waals surface area contributed by atoms with Crippen LogP contribution in [0.3, 0.4) is 0 Å². The van der Waals surface area contributed by atoms with Crippen molar-refractivity contribution in [2.45, 2.75) is 43.0 Å². The maximum absolute atomic E-state index is 12.8. The van der Waals surface area contributed by atoms with Gasteiger partial charge in [-0.2, -0.15) is 9.57 Å². The van der Waals surface area contributed by atoms with E-state index in [4.69, 9.17) is 5.26 Å². The Kier molecular flexibility index (Phi) is 6.77. The molecule has 1 aromatic rings. The summed E-state index contributed by atoms with van der Waals surface area (Å²) in [7, 11) is -0.720. The van der Waals surface area contributed by atoms with E-state index in [-0.39, 0.29) is 16.5 Å². The van der Waals surface area contributed by atoms with E-state index in [0.29, 0.717) is 5.69 Å². The molecule has 2 rings (SSSR count). The number of sulfonamides is 1. The number of nitrogens with one attached hydrogen (secondary N) is 1. The third kappa shape index (κ3) is 4.62. The SMILES string of the molecule is COC(=O)/C(C#N)=C/Nc1ccc(S(=O)(=O)N(C)C2CCCCC2)cc1. The monoisotopic (exact) mass is 377 g/mol. The van der Waals surface area contributed by atoms with Gasteiger partial charge in [0.1, 0.15) is 6.07 Å². The van der Waals surface area contributed by atoms with Gasteiger partial charge in [0.15, 0.2) is 5.57 Å². The van der Waals surface area contributed by atoms with Gasteiger partial charge in [-0.05, 0) is 37.1 Å². The molecule has 1 fully saturated rings. The van der Waals surface area contributed by atoms with Crippen LogP contribution in [0.5, 0.6) is 0 Å². The van der Waals surface area contributed by atoms with Gasteiger partial charge >= 0.3 is 5.97 Å². The maximum Gasteiger partial charge on any atom is 0.350 e. The number of hydrogen-bond acceptors (Lipinski definition) is 6. The number of hydrogen-bond donors (Lipinski definition) is 1. The first kappa shape index (κ1) is 19.9. The van der Waals surface area contributed by atoms with Crippen molar-refractivity contribution in [1.82, 2.24) is 4.31 Å². The van der Waals surface area contributed by atoms with Crippen LogP contribution in [-0.2, 0) is 19.6 Å². The van der Waals surface area contributed by atoms with Crippen LogP contribution in [-0.4, -0.2) is 38.9 Å². The highest BCUT2D eigenvalue weighted by Gasteiger charge is 2.28. The maximum atomic E-state index is 12.8. The number of rotatable bonds is 6. The number of benzene rings is 1. The van der Waals surface area contributed by atoms with Crippen molar-refractivity contribution < 1.29 is 17.9 Å². The lowest BCUT2D eigenvalue weighted by Gasteiger charge is -2.30. The molecule has 0 amide bonds. The normalized spacial score (nSPS) is 16.2. The predicted octanol–water partition coefficient (Wildman–Crippen LogP) is 2.63. The minimum Gasteiger partial charge on any atom is -0.465 e. The summed E-state index contributed by atoms with van der Waals surface area (Å²) in [4.78, 5) is 11.6. The Morgan fingerprint density at radius 1 is 1.27 bits per heavy atom. The van der Waals surface area contributed by atoms with Crippen LogP contribution in [0.4, 0.5) is 5.69 Å². The summed E-state index contributed by atoms with van der Waals surface area (Å²) < 4.78 is 31.5. The van der Waals surface area contributed by atoms with Gasteiger partial charge in [0.25, 0.3) is 0 Å². The van der Waals surface area contributed by atoms with Crippen molar-refractivity contribution in [2.75, 3.05) is 19.5 Å². The minimum atomic E-state index is -3.55. The zero-order valence-corrected chi connectivity index (χ0v) is 15.8. The first-order valence-electron chi connectivity index (χ1n) is 8.43. The molecule has 0 radical (unpaired) electrons. The van der Waals surface area contributed by atoms with Crippen molar-refractivity contribution >= 4 is 21.7 Å². The lowest BCUT2D eigenvalue weighted by atomic mass is 9.96. The summed E-state index contributed by atoms with van der Waals surface area (Å²) in [6.07, 6.45) is 6.29. The lowest BCUT2D eigenvalue weighted by molar-refractivity contribution is -0.135.